The maximum Gasteiger partial charge on any atom is 0.342 e. The van der Waals surface area contributed by atoms with E-state index >= 15 is 0 Å². The summed E-state index contributed by atoms with van der Waals surface area (Å²) in [5, 5.41) is 14.1. The van der Waals surface area contributed by atoms with E-state index in [1.165, 1.54) is 11.3 Å². The lowest BCUT2D eigenvalue weighted by molar-refractivity contribution is 0.00573. The summed E-state index contributed by atoms with van der Waals surface area (Å²) in [6, 6.07) is 15.0. The zero-order valence-corrected chi connectivity index (χ0v) is 17.1. The zero-order chi connectivity index (χ0) is 20.4. The van der Waals surface area contributed by atoms with Gasteiger partial charge in [0.2, 0.25) is 0 Å². The number of ether oxygens (including phenoxy) is 1. The highest BCUT2D eigenvalue weighted by Crippen LogP contribution is 2.37. The second-order valence-corrected chi connectivity index (χ2v) is 8.33. The Labute approximate surface area is 173 Å². The zero-order valence-electron chi connectivity index (χ0n) is 16.3. The second-order valence-electron chi connectivity index (χ2n) is 7.32. The predicted octanol–water partition coefficient (Wildman–Crippen LogP) is 4.31. The van der Waals surface area contributed by atoms with Crippen LogP contribution in [0.2, 0.25) is 0 Å². The molecule has 4 rings (SSSR count). The molecule has 1 fully saturated rings. The molecule has 0 bridgehead atoms. The summed E-state index contributed by atoms with van der Waals surface area (Å²) in [6.45, 7) is 4.28. The van der Waals surface area contributed by atoms with Crippen molar-refractivity contribution in [2.75, 3.05) is 20.3 Å². The quantitative estimate of drug-likeness (QED) is 0.263. The number of hydrogen-bond acceptors (Lipinski definition) is 6. The van der Waals surface area contributed by atoms with Gasteiger partial charge in [-0.1, -0.05) is 41.7 Å². The van der Waals surface area contributed by atoms with Crippen molar-refractivity contribution >= 4 is 32.7 Å². The Hall–Kier alpha value is -2.58. The van der Waals surface area contributed by atoms with Crippen LogP contribution in [0.25, 0.3) is 10.2 Å². The highest BCUT2D eigenvalue weighted by Gasteiger charge is 2.45. The van der Waals surface area contributed by atoms with E-state index in [-0.39, 0.29) is 6.67 Å². The number of para-hydroxylation sites is 1. The van der Waals surface area contributed by atoms with Gasteiger partial charge in [0.1, 0.15) is 6.67 Å². The van der Waals surface area contributed by atoms with Gasteiger partial charge in [-0.05, 0) is 49.7 Å². The predicted molar refractivity (Wildman–Crippen MR) is 116 cm³/mol. The van der Waals surface area contributed by atoms with Crippen molar-refractivity contribution in [2.45, 2.75) is 19.1 Å². The number of aryl methyl sites for hydroxylation is 1. The monoisotopic (exact) mass is 409 g/mol. The number of benzene rings is 2. The fourth-order valence-electron chi connectivity index (χ4n) is 3.50. The third-order valence-electron chi connectivity index (χ3n) is 5.06. The van der Waals surface area contributed by atoms with Crippen molar-refractivity contribution in [1.82, 2.24) is 14.5 Å². The number of aromatic nitrogens is 1. The first kappa shape index (κ1) is 19.7. The maximum atomic E-state index is 13.7. The van der Waals surface area contributed by atoms with Crippen LogP contribution in [-0.4, -0.2) is 42.3 Å². The number of fused-ring (bicyclic) bond motifs is 1. The standard InChI is InChI=1S/C22H23N3O3S/c1-3-4-7-16-10-12-17(13-11-16)21(26)28-20-14-24(2)15-25(20,27)22-23-18-8-5-6-9-19(18)29-22/h3,5-6,8-13,20H,1,4,7,14-15H2,2H3. The second kappa shape index (κ2) is 8.04. The van der Waals surface area contributed by atoms with E-state index in [9.17, 15) is 10.0 Å². The van der Waals surface area contributed by atoms with Gasteiger partial charge in [0.25, 0.3) is 11.4 Å². The molecule has 2 unspecified atom stereocenters. The molecule has 2 atom stereocenters. The number of rotatable bonds is 6. The number of hydroxylamine groups is 2. The molecule has 1 aliphatic rings. The van der Waals surface area contributed by atoms with E-state index in [0.717, 1.165) is 28.6 Å². The van der Waals surface area contributed by atoms with Crippen LogP contribution in [0.1, 0.15) is 22.3 Å². The van der Waals surface area contributed by atoms with Crippen molar-refractivity contribution in [2.24, 2.45) is 0 Å². The minimum atomic E-state index is -0.853. The Morgan fingerprint density at radius 1 is 1.34 bits per heavy atom. The Bertz CT molecular complexity index is 1000. The normalized spacial score (nSPS) is 22.1. The topological polar surface area (TPSA) is 65.5 Å². The molecule has 6 nitrogen and oxygen atoms in total. The minimum absolute atomic E-state index is 0.193. The molecule has 150 valence electrons. The molecule has 0 aliphatic carbocycles. The van der Waals surface area contributed by atoms with Gasteiger partial charge in [-0.15, -0.1) is 6.58 Å². The summed E-state index contributed by atoms with van der Waals surface area (Å²) in [6.07, 6.45) is 2.78. The lowest BCUT2D eigenvalue weighted by Gasteiger charge is -2.38. The summed E-state index contributed by atoms with van der Waals surface area (Å²) < 4.78 is 5.86. The van der Waals surface area contributed by atoms with E-state index < -0.39 is 16.8 Å². The lowest BCUT2D eigenvalue weighted by Crippen LogP contribution is -2.50. The molecule has 3 aromatic rings. The van der Waals surface area contributed by atoms with Gasteiger partial charge in [0.15, 0.2) is 0 Å². The molecule has 0 radical (unpaired) electrons. The van der Waals surface area contributed by atoms with Crippen molar-refractivity contribution in [3.8, 4) is 0 Å². The third kappa shape index (κ3) is 3.95. The van der Waals surface area contributed by atoms with Crippen molar-refractivity contribution in [3.05, 3.63) is 77.5 Å². The lowest BCUT2D eigenvalue weighted by atomic mass is 10.1. The number of allylic oxidation sites excluding steroid dienone is 1. The summed E-state index contributed by atoms with van der Waals surface area (Å²) in [5.74, 6) is -0.486. The summed E-state index contributed by atoms with van der Waals surface area (Å²) in [5.41, 5.74) is 2.36. The van der Waals surface area contributed by atoms with Gasteiger partial charge in [0.05, 0.1) is 22.3 Å². The maximum absolute atomic E-state index is 13.7. The van der Waals surface area contributed by atoms with Crippen LogP contribution in [0.3, 0.4) is 0 Å². The van der Waals surface area contributed by atoms with Gasteiger partial charge in [-0.25, -0.2) is 9.69 Å². The van der Waals surface area contributed by atoms with Gasteiger partial charge in [-0.2, -0.15) is 4.98 Å². The van der Waals surface area contributed by atoms with Gasteiger partial charge < -0.3 is 9.94 Å². The van der Waals surface area contributed by atoms with E-state index in [4.69, 9.17) is 4.74 Å². The molecule has 2 aromatic carbocycles. The van der Waals surface area contributed by atoms with Gasteiger partial charge >= 0.3 is 5.97 Å². The van der Waals surface area contributed by atoms with Crippen molar-refractivity contribution < 1.29 is 9.53 Å². The number of carbonyl (C=O) groups is 1. The van der Waals surface area contributed by atoms with E-state index in [0.29, 0.717) is 17.2 Å². The van der Waals surface area contributed by atoms with Crippen molar-refractivity contribution in [1.29, 1.82) is 0 Å². The minimum Gasteiger partial charge on any atom is -0.622 e. The fourth-order valence-corrected chi connectivity index (χ4v) is 4.54. The summed E-state index contributed by atoms with van der Waals surface area (Å²) in [4.78, 5) is 19.1. The summed E-state index contributed by atoms with van der Waals surface area (Å²) in [7, 11) is 1.85. The smallest absolute Gasteiger partial charge is 0.342 e. The van der Waals surface area contributed by atoms with Gasteiger partial charge in [0, 0.05) is 0 Å². The number of esters is 1. The molecule has 2 heterocycles. The largest absolute Gasteiger partial charge is 0.622 e. The molecule has 29 heavy (non-hydrogen) atoms. The average Bonchev–Trinajstić information content (AvgIpc) is 3.28. The van der Waals surface area contributed by atoms with E-state index in [1.807, 2.05) is 54.4 Å². The third-order valence-corrected chi connectivity index (χ3v) is 6.21. The molecular weight excluding hydrogens is 386 g/mol. The van der Waals surface area contributed by atoms with Crippen LogP contribution in [-0.2, 0) is 11.2 Å². The molecule has 1 aromatic heterocycles. The van der Waals surface area contributed by atoms with Crippen LogP contribution >= 0.6 is 11.3 Å². The summed E-state index contributed by atoms with van der Waals surface area (Å²) >= 11 is 1.35. The molecule has 0 saturated carbocycles. The number of likely N-dealkylation sites (N-methyl/N-ethyl adjacent to an activating group) is 1. The molecule has 0 N–H and O–H groups in total. The molecule has 7 heteroatoms. The Morgan fingerprint density at radius 3 is 2.83 bits per heavy atom. The molecule has 1 saturated heterocycles. The molecule has 0 spiro atoms. The van der Waals surface area contributed by atoms with Crippen molar-refractivity contribution in [3.63, 3.8) is 0 Å². The fraction of sp³-hybridized carbons (Fsp3) is 0.273. The van der Waals surface area contributed by atoms with Crippen LogP contribution in [0.4, 0.5) is 5.13 Å². The Morgan fingerprint density at radius 2 is 2.10 bits per heavy atom. The first-order valence-electron chi connectivity index (χ1n) is 9.54. The molecular formula is C22H23N3O3S. The van der Waals surface area contributed by atoms with Gasteiger partial charge in [-0.3, -0.25) is 4.65 Å². The number of nitrogens with zero attached hydrogens (tertiary/aromatic N) is 3. The Balaban J connectivity index is 1.54. The average molecular weight is 410 g/mol. The SMILES string of the molecule is C=CCCc1ccc(C(=O)OC2CN(C)C[N+]2([O-])c2nc3ccccc3s2)cc1. The highest BCUT2D eigenvalue weighted by atomic mass is 32.1. The first-order valence-corrected chi connectivity index (χ1v) is 10.4. The van der Waals surface area contributed by atoms with Crippen LogP contribution in [0.15, 0.2) is 61.2 Å². The van der Waals surface area contributed by atoms with E-state index in [2.05, 4.69) is 11.6 Å². The van der Waals surface area contributed by atoms with Crippen LogP contribution < -0.4 is 4.65 Å². The molecule has 1 aliphatic heterocycles. The molecule has 0 amide bonds. The number of carbonyl (C=O) groups excluding carboxylic acids is 1. The van der Waals surface area contributed by atoms with Crippen LogP contribution in [0, 0.1) is 5.21 Å². The number of hydrogen-bond donors (Lipinski definition) is 0. The highest BCUT2D eigenvalue weighted by molar-refractivity contribution is 7.22. The first-order chi connectivity index (χ1) is 14.0. The van der Waals surface area contributed by atoms with E-state index in [1.54, 1.807) is 12.1 Å². The number of thiazole rings is 1. The number of quaternary nitrogens is 1. The Kier molecular flexibility index (Phi) is 5.47. The van der Waals surface area contributed by atoms with Crippen LogP contribution in [0.5, 0.6) is 0 Å².